The number of amides is 3. The molecule has 1 aromatic carbocycles. The third-order valence-electron chi connectivity index (χ3n) is 4.06. The van der Waals surface area contributed by atoms with Crippen molar-refractivity contribution in [1.29, 1.82) is 0 Å². The number of urea groups is 1. The fourth-order valence-electron chi connectivity index (χ4n) is 2.83. The van der Waals surface area contributed by atoms with Crippen LogP contribution in [0.2, 0.25) is 0 Å². The molecule has 0 unspecified atom stereocenters. The van der Waals surface area contributed by atoms with Crippen LogP contribution in [0.25, 0.3) is 0 Å². The van der Waals surface area contributed by atoms with Gasteiger partial charge in [-0.15, -0.1) is 0 Å². The highest BCUT2D eigenvalue weighted by Gasteiger charge is 2.37. The quantitative estimate of drug-likeness (QED) is 0.734. The van der Waals surface area contributed by atoms with Gasteiger partial charge in [0.25, 0.3) is 0 Å². The summed E-state index contributed by atoms with van der Waals surface area (Å²) >= 11 is 0. The number of anilines is 1. The molecule has 0 aromatic heterocycles. The van der Waals surface area contributed by atoms with E-state index in [4.69, 9.17) is 4.74 Å². The minimum absolute atomic E-state index is 0.122. The third-order valence-corrected chi connectivity index (χ3v) is 4.06. The van der Waals surface area contributed by atoms with Gasteiger partial charge in [-0.05, 0) is 45.2 Å². The molecule has 1 aromatic rings. The maximum Gasteiger partial charge on any atom is 0.411 e. The number of benzene rings is 1. The normalized spacial score (nSPS) is 18.3. The van der Waals surface area contributed by atoms with Gasteiger partial charge in [0.2, 0.25) is 0 Å². The number of nitrogens with one attached hydrogen (secondary N) is 2. The van der Waals surface area contributed by atoms with Gasteiger partial charge in [0.05, 0.1) is 7.11 Å². The number of methoxy groups -OCH3 is 1. The number of hydrogen-bond acceptors (Lipinski definition) is 5. The summed E-state index contributed by atoms with van der Waals surface area (Å²) in [5, 5.41) is 5.40. The number of esters is 1. The second kappa shape index (κ2) is 8.75. The van der Waals surface area contributed by atoms with Gasteiger partial charge >= 0.3 is 18.1 Å². The second-order valence-corrected chi connectivity index (χ2v) is 7.32. The number of likely N-dealkylation sites (tertiary alicyclic amines) is 1. The molecule has 0 saturated carbocycles. The van der Waals surface area contributed by atoms with Crippen molar-refractivity contribution in [1.82, 2.24) is 10.2 Å². The van der Waals surface area contributed by atoms with E-state index in [-0.39, 0.29) is 12.0 Å². The van der Waals surface area contributed by atoms with Crippen molar-refractivity contribution in [2.45, 2.75) is 51.8 Å². The van der Waals surface area contributed by atoms with Gasteiger partial charge in [0, 0.05) is 18.8 Å². The maximum absolute atomic E-state index is 11.8. The van der Waals surface area contributed by atoms with Crippen molar-refractivity contribution in [3.8, 4) is 0 Å². The SMILES string of the molecule is COC(=O)[C@@H]1CCCN1C(=O)OC(C)(C)C.O=C1NCc2ccccc2N1. The first kappa shape index (κ1) is 20.5. The van der Waals surface area contributed by atoms with Gasteiger partial charge < -0.3 is 20.1 Å². The molecule has 27 heavy (non-hydrogen) atoms. The first-order valence-electron chi connectivity index (χ1n) is 8.91. The molecule has 8 heteroatoms. The summed E-state index contributed by atoms with van der Waals surface area (Å²) in [6, 6.07) is 7.14. The number of carbonyl (C=O) groups excluding carboxylic acids is 3. The molecular weight excluding hydrogens is 350 g/mol. The van der Waals surface area contributed by atoms with Gasteiger partial charge in [0.1, 0.15) is 11.6 Å². The van der Waals surface area contributed by atoms with Gasteiger partial charge in [-0.25, -0.2) is 14.4 Å². The predicted octanol–water partition coefficient (Wildman–Crippen LogP) is 2.88. The first-order chi connectivity index (χ1) is 12.7. The minimum Gasteiger partial charge on any atom is -0.467 e. The molecular formula is C19H27N3O5. The standard InChI is InChI=1S/C11H19NO4.C8H8N2O/c1-11(2,3)16-10(14)12-7-5-6-8(12)9(13)15-4;11-8-9-5-6-3-1-2-4-7(6)10-8/h8H,5-7H2,1-4H3;1-4H,5H2,(H2,9,10,11)/t8-;/m0./s1. The zero-order valence-corrected chi connectivity index (χ0v) is 16.2. The van der Waals surface area contributed by atoms with E-state index in [1.807, 2.05) is 24.3 Å². The average Bonchev–Trinajstić information content (AvgIpc) is 3.10. The number of nitrogens with zero attached hydrogens (tertiary/aromatic N) is 1. The number of hydrogen-bond donors (Lipinski definition) is 2. The van der Waals surface area contributed by atoms with Crippen molar-refractivity contribution in [3.63, 3.8) is 0 Å². The van der Waals surface area contributed by atoms with Crippen LogP contribution in [0.4, 0.5) is 15.3 Å². The lowest BCUT2D eigenvalue weighted by Gasteiger charge is -2.27. The third kappa shape index (κ3) is 5.87. The van der Waals surface area contributed by atoms with Gasteiger partial charge in [-0.1, -0.05) is 18.2 Å². The highest BCUT2D eigenvalue weighted by atomic mass is 16.6. The van der Waals surface area contributed by atoms with Crippen LogP contribution in [0.1, 0.15) is 39.2 Å². The summed E-state index contributed by atoms with van der Waals surface area (Å²) in [6.07, 6.45) is 1.01. The van der Waals surface area contributed by atoms with Crippen LogP contribution in [-0.2, 0) is 20.8 Å². The molecule has 8 nitrogen and oxygen atoms in total. The van der Waals surface area contributed by atoms with E-state index in [9.17, 15) is 14.4 Å². The molecule has 2 heterocycles. The molecule has 2 aliphatic heterocycles. The number of carbonyl (C=O) groups is 3. The van der Waals surface area contributed by atoms with Crippen molar-refractivity contribution in [2.75, 3.05) is 19.0 Å². The summed E-state index contributed by atoms with van der Waals surface area (Å²) in [5.74, 6) is -0.372. The van der Waals surface area contributed by atoms with Gasteiger partial charge in [-0.3, -0.25) is 4.90 Å². The molecule has 3 amide bonds. The number of rotatable bonds is 1. The molecule has 1 fully saturated rings. The van der Waals surface area contributed by atoms with E-state index < -0.39 is 17.7 Å². The van der Waals surface area contributed by atoms with Gasteiger partial charge in [0.15, 0.2) is 0 Å². The molecule has 0 radical (unpaired) electrons. The Bertz CT molecular complexity index is 699. The summed E-state index contributed by atoms with van der Waals surface area (Å²) in [6.45, 7) is 6.58. The Hall–Kier alpha value is -2.77. The largest absolute Gasteiger partial charge is 0.467 e. The molecule has 0 bridgehead atoms. The monoisotopic (exact) mass is 377 g/mol. The summed E-state index contributed by atoms with van der Waals surface area (Å²) in [5.41, 5.74) is 1.50. The Morgan fingerprint density at radius 1 is 1.22 bits per heavy atom. The van der Waals surface area contributed by atoms with Crippen molar-refractivity contribution in [3.05, 3.63) is 29.8 Å². The minimum atomic E-state index is -0.541. The van der Waals surface area contributed by atoms with Crippen LogP contribution in [0, 0.1) is 0 Å². The Balaban J connectivity index is 0.000000206. The lowest BCUT2D eigenvalue weighted by Crippen LogP contribution is -2.43. The van der Waals surface area contributed by atoms with Crippen LogP contribution < -0.4 is 10.6 Å². The van der Waals surface area contributed by atoms with Crippen molar-refractivity contribution >= 4 is 23.8 Å². The molecule has 0 spiro atoms. The number of para-hydroxylation sites is 1. The highest BCUT2D eigenvalue weighted by Crippen LogP contribution is 2.21. The lowest BCUT2D eigenvalue weighted by molar-refractivity contribution is -0.145. The fraction of sp³-hybridized carbons (Fsp3) is 0.526. The van der Waals surface area contributed by atoms with Crippen LogP contribution in [0.5, 0.6) is 0 Å². The molecule has 0 aliphatic carbocycles. The Labute approximate surface area is 159 Å². The van der Waals surface area contributed by atoms with E-state index in [0.717, 1.165) is 17.7 Å². The molecule has 2 N–H and O–H groups in total. The molecule has 148 valence electrons. The Morgan fingerprint density at radius 3 is 2.59 bits per heavy atom. The van der Waals surface area contributed by atoms with Crippen LogP contribution in [0.15, 0.2) is 24.3 Å². The molecule has 2 aliphatic rings. The number of ether oxygens (including phenoxy) is 2. The van der Waals surface area contributed by atoms with Crippen LogP contribution in [-0.4, -0.2) is 48.3 Å². The van der Waals surface area contributed by atoms with Gasteiger partial charge in [-0.2, -0.15) is 0 Å². The van der Waals surface area contributed by atoms with Crippen LogP contribution in [0.3, 0.4) is 0 Å². The van der Waals surface area contributed by atoms with Crippen LogP contribution >= 0.6 is 0 Å². The molecule has 1 atom stereocenters. The average molecular weight is 377 g/mol. The summed E-state index contributed by atoms with van der Waals surface area (Å²) in [4.78, 5) is 35.5. The van der Waals surface area contributed by atoms with E-state index >= 15 is 0 Å². The highest BCUT2D eigenvalue weighted by molar-refractivity contribution is 5.92. The van der Waals surface area contributed by atoms with E-state index in [2.05, 4.69) is 15.4 Å². The predicted molar refractivity (Wildman–Crippen MR) is 100 cm³/mol. The lowest BCUT2D eigenvalue weighted by atomic mass is 10.1. The summed E-state index contributed by atoms with van der Waals surface area (Å²) < 4.78 is 9.88. The first-order valence-corrected chi connectivity index (χ1v) is 8.91. The molecule has 3 rings (SSSR count). The topological polar surface area (TPSA) is 97.0 Å². The summed E-state index contributed by atoms with van der Waals surface area (Å²) in [7, 11) is 1.33. The Kier molecular flexibility index (Phi) is 6.65. The van der Waals surface area contributed by atoms with E-state index in [1.54, 1.807) is 20.8 Å². The maximum atomic E-state index is 11.8. The van der Waals surface area contributed by atoms with Crippen molar-refractivity contribution < 1.29 is 23.9 Å². The Morgan fingerprint density at radius 2 is 1.93 bits per heavy atom. The fourth-order valence-corrected chi connectivity index (χ4v) is 2.83. The second-order valence-electron chi connectivity index (χ2n) is 7.32. The van der Waals surface area contributed by atoms with E-state index in [1.165, 1.54) is 12.0 Å². The zero-order valence-electron chi connectivity index (χ0n) is 16.2. The van der Waals surface area contributed by atoms with Crippen molar-refractivity contribution in [2.24, 2.45) is 0 Å². The molecule has 1 saturated heterocycles. The van der Waals surface area contributed by atoms with E-state index in [0.29, 0.717) is 19.5 Å². The number of fused-ring (bicyclic) bond motifs is 1. The smallest absolute Gasteiger partial charge is 0.411 e. The zero-order chi connectivity index (χ0) is 20.0.